The second-order valence-electron chi connectivity index (χ2n) is 6.73. The minimum atomic E-state index is -0.467. The van der Waals surface area contributed by atoms with Gasteiger partial charge in [0.15, 0.2) is 0 Å². The highest BCUT2D eigenvalue weighted by Crippen LogP contribution is 2.40. The normalized spacial score (nSPS) is 15.0. The lowest BCUT2D eigenvalue weighted by atomic mass is 10.0. The van der Waals surface area contributed by atoms with Gasteiger partial charge in [0.1, 0.15) is 5.82 Å². The first-order chi connectivity index (χ1) is 12.5. The predicted octanol–water partition coefficient (Wildman–Crippen LogP) is 3.25. The van der Waals surface area contributed by atoms with Crippen molar-refractivity contribution in [1.82, 2.24) is 15.3 Å². The molecule has 4 rings (SSSR count). The van der Waals surface area contributed by atoms with Crippen molar-refractivity contribution < 1.29 is 9.18 Å². The molecule has 6 heteroatoms. The molecule has 1 unspecified atom stereocenters. The van der Waals surface area contributed by atoms with Gasteiger partial charge in [-0.1, -0.05) is 6.07 Å². The second kappa shape index (κ2) is 6.37. The molecule has 1 saturated carbocycles. The largest absolute Gasteiger partial charge is 0.343 e. The molecule has 132 valence electrons. The molecule has 3 aromatic rings. The number of nitrogens with one attached hydrogen (secondary N) is 2. The molecular weight excluding hydrogens is 333 g/mol. The lowest BCUT2D eigenvalue weighted by Crippen LogP contribution is -2.31. The van der Waals surface area contributed by atoms with Gasteiger partial charge in [0, 0.05) is 17.1 Å². The highest BCUT2D eigenvalue weighted by molar-refractivity contribution is 6.06. The highest BCUT2D eigenvalue weighted by atomic mass is 19.1. The maximum absolute atomic E-state index is 13.5. The van der Waals surface area contributed by atoms with Crippen LogP contribution in [0.1, 0.15) is 40.6 Å². The molecule has 1 amide bonds. The van der Waals surface area contributed by atoms with E-state index in [1.807, 2.05) is 25.1 Å². The maximum Gasteiger partial charge on any atom is 0.252 e. The number of fused-ring (bicyclic) bond motifs is 1. The first-order valence-electron chi connectivity index (χ1n) is 8.58. The number of hydrogen-bond acceptors (Lipinski definition) is 3. The third-order valence-corrected chi connectivity index (χ3v) is 4.66. The Balaban J connectivity index is 1.71. The molecule has 26 heavy (non-hydrogen) atoms. The molecule has 1 aliphatic carbocycles. The number of benzene rings is 1. The Labute approximate surface area is 149 Å². The monoisotopic (exact) mass is 351 g/mol. The van der Waals surface area contributed by atoms with E-state index in [4.69, 9.17) is 0 Å². The van der Waals surface area contributed by atoms with Gasteiger partial charge >= 0.3 is 0 Å². The summed E-state index contributed by atoms with van der Waals surface area (Å²) in [6.07, 6.45) is 2.06. The third-order valence-electron chi connectivity index (χ3n) is 4.66. The van der Waals surface area contributed by atoms with Crippen molar-refractivity contribution >= 4 is 16.8 Å². The number of aromatic nitrogens is 2. The fraction of sp³-hybridized carbons (Fsp3) is 0.250. The Kier molecular flexibility index (Phi) is 4.03. The van der Waals surface area contributed by atoms with Crippen LogP contribution in [-0.2, 0) is 0 Å². The number of carbonyl (C=O) groups excluding carboxylic acids is 1. The number of rotatable bonds is 4. The molecule has 2 N–H and O–H groups in total. The number of aromatic amines is 1. The van der Waals surface area contributed by atoms with Crippen molar-refractivity contribution in [2.24, 2.45) is 5.92 Å². The quantitative estimate of drug-likeness (QED) is 0.758. The van der Waals surface area contributed by atoms with Gasteiger partial charge in [-0.3, -0.25) is 14.6 Å². The van der Waals surface area contributed by atoms with Crippen molar-refractivity contribution in [2.45, 2.75) is 25.8 Å². The van der Waals surface area contributed by atoms with Crippen LogP contribution >= 0.6 is 0 Å². The minimum Gasteiger partial charge on any atom is -0.343 e. The smallest absolute Gasteiger partial charge is 0.252 e. The summed E-state index contributed by atoms with van der Waals surface area (Å²) in [6, 6.07) is 10.8. The van der Waals surface area contributed by atoms with Crippen LogP contribution in [0.15, 0.2) is 47.3 Å². The number of halogens is 1. The van der Waals surface area contributed by atoms with Gasteiger partial charge in [-0.2, -0.15) is 0 Å². The van der Waals surface area contributed by atoms with E-state index in [-0.39, 0.29) is 17.5 Å². The zero-order chi connectivity index (χ0) is 18.3. The van der Waals surface area contributed by atoms with E-state index in [2.05, 4.69) is 15.3 Å². The summed E-state index contributed by atoms with van der Waals surface area (Å²) in [7, 11) is 0. The van der Waals surface area contributed by atoms with Crippen molar-refractivity contribution in [3.63, 3.8) is 0 Å². The van der Waals surface area contributed by atoms with E-state index in [9.17, 15) is 14.0 Å². The van der Waals surface area contributed by atoms with Gasteiger partial charge in [0.05, 0.1) is 22.8 Å². The molecule has 0 bridgehead atoms. The van der Waals surface area contributed by atoms with Crippen molar-refractivity contribution in [3.8, 4) is 0 Å². The predicted molar refractivity (Wildman–Crippen MR) is 96.4 cm³/mol. The zero-order valence-corrected chi connectivity index (χ0v) is 14.3. The third kappa shape index (κ3) is 3.22. The number of H-pyrrole nitrogens is 1. The second-order valence-corrected chi connectivity index (χ2v) is 6.73. The molecule has 0 radical (unpaired) electrons. The number of hydrogen-bond donors (Lipinski definition) is 2. The number of amides is 1. The number of nitrogens with zero attached hydrogens (tertiary/aromatic N) is 1. The summed E-state index contributed by atoms with van der Waals surface area (Å²) in [4.78, 5) is 31.9. The van der Waals surface area contributed by atoms with Crippen molar-refractivity contribution in [3.05, 3.63) is 75.6 Å². The van der Waals surface area contributed by atoms with Gasteiger partial charge in [-0.05, 0) is 56.0 Å². The average Bonchev–Trinajstić information content (AvgIpc) is 3.43. The van der Waals surface area contributed by atoms with Gasteiger partial charge in [-0.25, -0.2) is 4.39 Å². The van der Waals surface area contributed by atoms with Crippen molar-refractivity contribution in [2.75, 3.05) is 0 Å². The Morgan fingerprint density at radius 1 is 1.27 bits per heavy atom. The molecule has 1 aliphatic rings. The molecule has 2 heterocycles. The van der Waals surface area contributed by atoms with Crippen LogP contribution in [0.2, 0.25) is 0 Å². The average molecular weight is 351 g/mol. The summed E-state index contributed by atoms with van der Waals surface area (Å²) in [5.41, 5.74) is 1.81. The van der Waals surface area contributed by atoms with Gasteiger partial charge in [-0.15, -0.1) is 0 Å². The number of carbonyl (C=O) groups is 1. The SMILES string of the molecule is Cc1cccc(C(NC(=O)c2cc(=O)[nH]c3cc(F)ccc23)C2CC2)n1. The van der Waals surface area contributed by atoms with Crippen LogP contribution in [0, 0.1) is 18.7 Å². The lowest BCUT2D eigenvalue weighted by Gasteiger charge is -2.19. The van der Waals surface area contributed by atoms with Crippen LogP contribution in [0.5, 0.6) is 0 Å². The van der Waals surface area contributed by atoms with Crippen LogP contribution in [0.4, 0.5) is 4.39 Å². The van der Waals surface area contributed by atoms with Gasteiger partial charge < -0.3 is 10.3 Å². The zero-order valence-electron chi connectivity index (χ0n) is 14.3. The molecule has 1 atom stereocenters. The first kappa shape index (κ1) is 16.4. The van der Waals surface area contributed by atoms with Crippen LogP contribution in [0.3, 0.4) is 0 Å². The molecule has 0 saturated heterocycles. The van der Waals surface area contributed by atoms with E-state index in [0.717, 1.165) is 24.2 Å². The van der Waals surface area contributed by atoms with Crippen LogP contribution in [0.25, 0.3) is 10.9 Å². The molecule has 0 aliphatic heterocycles. The maximum atomic E-state index is 13.5. The molecule has 1 fully saturated rings. The minimum absolute atomic E-state index is 0.197. The fourth-order valence-corrected chi connectivity index (χ4v) is 3.24. The Bertz CT molecular complexity index is 1060. The summed E-state index contributed by atoms with van der Waals surface area (Å²) in [5.74, 6) is -0.475. The van der Waals surface area contributed by atoms with E-state index in [0.29, 0.717) is 16.8 Å². The number of pyridine rings is 2. The van der Waals surface area contributed by atoms with Gasteiger partial charge in [0.2, 0.25) is 5.56 Å². The highest BCUT2D eigenvalue weighted by Gasteiger charge is 2.34. The molecule has 5 nitrogen and oxygen atoms in total. The summed E-state index contributed by atoms with van der Waals surface area (Å²) in [5, 5.41) is 3.53. The molecular formula is C20H18FN3O2. The van der Waals surface area contributed by atoms with Crippen LogP contribution in [-0.4, -0.2) is 15.9 Å². The van der Waals surface area contributed by atoms with E-state index in [1.165, 1.54) is 24.3 Å². The fourth-order valence-electron chi connectivity index (χ4n) is 3.24. The van der Waals surface area contributed by atoms with E-state index < -0.39 is 11.4 Å². The number of aryl methyl sites for hydroxylation is 1. The summed E-state index contributed by atoms with van der Waals surface area (Å²) in [6.45, 7) is 1.91. The topological polar surface area (TPSA) is 74.8 Å². The molecule has 1 aromatic carbocycles. The standard InChI is InChI=1S/C20H18FN3O2/c1-11-3-2-4-16(22-11)19(12-5-6-12)24-20(26)15-10-18(25)23-17-9-13(21)7-8-14(15)17/h2-4,7-10,12,19H,5-6H2,1H3,(H,23,25)(H,24,26). The Hall–Kier alpha value is -3.02. The Morgan fingerprint density at radius 3 is 2.81 bits per heavy atom. The van der Waals surface area contributed by atoms with Gasteiger partial charge in [0.25, 0.3) is 5.91 Å². The summed E-state index contributed by atoms with van der Waals surface area (Å²) < 4.78 is 13.5. The first-order valence-corrected chi connectivity index (χ1v) is 8.58. The molecule has 0 spiro atoms. The van der Waals surface area contributed by atoms with Crippen LogP contribution < -0.4 is 10.9 Å². The van der Waals surface area contributed by atoms with E-state index >= 15 is 0 Å². The van der Waals surface area contributed by atoms with Crippen molar-refractivity contribution in [1.29, 1.82) is 0 Å². The molecule has 2 aromatic heterocycles. The van der Waals surface area contributed by atoms with E-state index in [1.54, 1.807) is 0 Å². The Morgan fingerprint density at radius 2 is 2.08 bits per heavy atom. The summed E-state index contributed by atoms with van der Waals surface area (Å²) >= 11 is 0. The lowest BCUT2D eigenvalue weighted by molar-refractivity contribution is 0.0932.